The highest BCUT2D eigenvalue weighted by Gasteiger charge is 2.24. The molecule has 0 fully saturated rings. The van der Waals surface area contributed by atoms with Gasteiger partial charge in [-0.05, 0) is 6.07 Å². The van der Waals surface area contributed by atoms with Gasteiger partial charge in [0.15, 0.2) is 5.70 Å². The number of hydrogen-bond acceptors (Lipinski definition) is 2. The second-order valence-electron chi connectivity index (χ2n) is 3.77. The first kappa shape index (κ1) is 13.5. The van der Waals surface area contributed by atoms with Crippen molar-refractivity contribution < 1.29 is 9.57 Å². The van der Waals surface area contributed by atoms with E-state index in [1.807, 2.05) is 19.9 Å². The lowest BCUT2D eigenvalue weighted by molar-refractivity contribution is -0.893. The van der Waals surface area contributed by atoms with Gasteiger partial charge in [-0.25, -0.2) is 4.85 Å². The highest BCUT2D eigenvalue weighted by Crippen LogP contribution is 2.22. The molecule has 90 valence electrons. The van der Waals surface area contributed by atoms with Crippen LogP contribution in [0.4, 0.5) is 0 Å². The van der Waals surface area contributed by atoms with Gasteiger partial charge >= 0.3 is 0 Å². The molecule has 1 rings (SSSR count). The predicted octanol–water partition coefficient (Wildman–Crippen LogP) is 2.08. The molecule has 18 heavy (non-hydrogen) atoms. The van der Waals surface area contributed by atoms with E-state index in [2.05, 4.69) is 18.0 Å². The van der Waals surface area contributed by atoms with Gasteiger partial charge in [-0.3, -0.25) is 4.84 Å². The molecular weight excluding hydrogens is 226 g/mol. The van der Waals surface area contributed by atoms with Crippen molar-refractivity contribution in [3.63, 3.8) is 0 Å². The third-order valence-electron chi connectivity index (χ3n) is 2.77. The zero-order chi connectivity index (χ0) is 13.9. The molecule has 4 heteroatoms. The largest absolute Gasteiger partial charge is 0.274 e. The third kappa shape index (κ3) is 2.09. The minimum Gasteiger partial charge on any atom is -0.274 e. The van der Waals surface area contributed by atoms with Crippen LogP contribution in [-0.2, 0) is 0 Å². The Bertz CT molecular complexity index is 565. The first-order valence-electron chi connectivity index (χ1n) is 5.24. The summed E-state index contributed by atoms with van der Waals surface area (Å²) in [5.74, 6) is 0. The summed E-state index contributed by atoms with van der Waals surface area (Å²) in [4.78, 5) is 8.59. The first-order valence-corrected chi connectivity index (χ1v) is 5.24. The summed E-state index contributed by atoms with van der Waals surface area (Å²) in [6.07, 6.45) is 0. The number of nitriles is 1. The van der Waals surface area contributed by atoms with Gasteiger partial charge in [-0.15, -0.1) is 0 Å². The zero-order valence-electron chi connectivity index (χ0n) is 10.7. The van der Waals surface area contributed by atoms with Gasteiger partial charge in [0.25, 0.3) is 0 Å². The van der Waals surface area contributed by atoms with Crippen LogP contribution in [0.25, 0.3) is 16.1 Å². The fourth-order valence-corrected chi connectivity index (χ4v) is 1.82. The van der Waals surface area contributed by atoms with Crippen molar-refractivity contribution in [2.45, 2.75) is 13.8 Å². The summed E-state index contributed by atoms with van der Waals surface area (Å²) in [7, 11) is 1.53. The number of rotatable bonds is 3. The summed E-state index contributed by atoms with van der Waals surface area (Å²) in [5.41, 5.74) is 3.49. The van der Waals surface area contributed by atoms with Crippen molar-refractivity contribution in [1.29, 1.82) is 5.26 Å². The van der Waals surface area contributed by atoms with Gasteiger partial charge in [0.05, 0.1) is 29.3 Å². The molecule has 1 aromatic heterocycles. The molecule has 4 nitrogen and oxygen atoms in total. The van der Waals surface area contributed by atoms with E-state index < -0.39 is 0 Å². The Morgan fingerprint density at radius 3 is 2.39 bits per heavy atom. The van der Waals surface area contributed by atoms with Crippen LogP contribution in [0, 0.1) is 31.8 Å². The molecule has 0 saturated carbocycles. The van der Waals surface area contributed by atoms with Crippen molar-refractivity contribution >= 4 is 11.3 Å². The standard InChI is InChI=1S/C14H14N3O/c1-9(8-15)13-7-14(10(2)16-5)12(4)17(18-6)11(13)3/h7H,1-2H2,3-4,6H3/q+1. The van der Waals surface area contributed by atoms with Crippen molar-refractivity contribution in [3.05, 3.63) is 53.2 Å². The second kappa shape index (κ2) is 5.16. The van der Waals surface area contributed by atoms with Gasteiger partial charge in [0.1, 0.15) is 7.11 Å². The van der Waals surface area contributed by atoms with E-state index in [4.69, 9.17) is 16.7 Å². The quantitative estimate of drug-likeness (QED) is 0.461. The highest BCUT2D eigenvalue weighted by atomic mass is 16.6. The molecule has 0 aliphatic carbocycles. The van der Waals surface area contributed by atoms with E-state index in [1.165, 1.54) is 7.11 Å². The van der Waals surface area contributed by atoms with Crippen molar-refractivity contribution in [1.82, 2.24) is 0 Å². The number of aromatic nitrogens is 1. The first-order chi connectivity index (χ1) is 8.47. The van der Waals surface area contributed by atoms with E-state index in [0.29, 0.717) is 22.4 Å². The SMILES string of the molecule is [C-]#[N+]C(=C)c1cc(C(=C)C#N)c(C)[n+](OC)c1C. The summed E-state index contributed by atoms with van der Waals surface area (Å²) in [6.45, 7) is 18.1. The topological polar surface area (TPSA) is 41.3 Å². The fourth-order valence-electron chi connectivity index (χ4n) is 1.82. The molecule has 0 N–H and O–H groups in total. The Labute approximate surface area is 107 Å². The van der Waals surface area contributed by atoms with Crippen molar-refractivity contribution in [2.75, 3.05) is 7.11 Å². The second-order valence-corrected chi connectivity index (χ2v) is 3.77. The average molecular weight is 240 g/mol. The van der Waals surface area contributed by atoms with Crippen molar-refractivity contribution in [2.24, 2.45) is 0 Å². The minimum atomic E-state index is 0.310. The molecule has 0 atom stereocenters. The van der Waals surface area contributed by atoms with Crippen LogP contribution in [0.1, 0.15) is 22.5 Å². The smallest absolute Gasteiger partial charge is 0.239 e. The lowest BCUT2D eigenvalue weighted by Crippen LogP contribution is -2.47. The Kier molecular flexibility index (Phi) is 3.86. The molecule has 0 spiro atoms. The lowest BCUT2D eigenvalue weighted by atomic mass is 10.0. The lowest BCUT2D eigenvalue weighted by Gasteiger charge is -2.08. The summed E-state index contributed by atoms with van der Waals surface area (Å²) in [6, 6.07) is 3.76. The van der Waals surface area contributed by atoms with Crippen LogP contribution in [0.5, 0.6) is 0 Å². The summed E-state index contributed by atoms with van der Waals surface area (Å²) in [5, 5.41) is 8.95. The van der Waals surface area contributed by atoms with Gasteiger partial charge < -0.3 is 0 Å². The summed E-state index contributed by atoms with van der Waals surface area (Å²) >= 11 is 0. The normalized spacial score (nSPS) is 9.17. The number of allylic oxidation sites excluding steroid dienone is 1. The number of nitrogens with zero attached hydrogens (tertiary/aromatic N) is 3. The maximum absolute atomic E-state index is 8.95. The van der Waals surface area contributed by atoms with Crippen LogP contribution in [0.15, 0.2) is 19.2 Å². The average Bonchev–Trinajstić information content (AvgIpc) is 2.38. The number of pyridine rings is 1. The predicted molar refractivity (Wildman–Crippen MR) is 68.9 cm³/mol. The molecule has 0 aliphatic rings. The summed E-state index contributed by atoms with van der Waals surface area (Å²) < 4.78 is 1.57. The molecule has 0 aliphatic heterocycles. The molecule has 0 saturated heterocycles. The zero-order valence-corrected chi connectivity index (χ0v) is 10.7. The van der Waals surface area contributed by atoms with Crippen LogP contribution in [-0.4, -0.2) is 7.11 Å². The molecule has 0 radical (unpaired) electrons. The van der Waals surface area contributed by atoms with Crippen LogP contribution < -0.4 is 9.57 Å². The molecule has 0 aromatic carbocycles. The maximum Gasteiger partial charge on any atom is 0.239 e. The third-order valence-corrected chi connectivity index (χ3v) is 2.77. The maximum atomic E-state index is 8.95. The van der Waals surface area contributed by atoms with Gasteiger partial charge in [0, 0.05) is 18.6 Å². The van der Waals surface area contributed by atoms with E-state index >= 15 is 0 Å². The van der Waals surface area contributed by atoms with Crippen molar-refractivity contribution in [3.8, 4) is 6.07 Å². The molecule has 0 unspecified atom stereocenters. The minimum absolute atomic E-state index is 0.310. The van der Waals surface area contributed by atoms with Gasteiger partial charge in [-0.2, -0.15) is 5.26 Å². The van der Waals surface area contributed by atoms with Gasteiger partial charge in [0.2, 0.25) is 11.4 Å². The van der Waals surface area contributed by atoms with Crippen LogP contribution in [0.2, 0.25) is 0 Å². The van der Waals surface area contributed by atoms with E-state index in [-0.39, 0.29) is 0 Å². The van der Waals surface area contributed by atoms with Gasteiger partial charge in [-0.1, -0.05) is 13.2 Å². The Morgan fingerprint density at radius 1 is 1.39 bits per heavy atom. The molecule has 0 amide bonds. The molecule has 1 aromatic rings. The van der Waals surface area contributed by atoms with Crippen LogP contribution >= 0.6 is 0 Å². The Hall–Kier alpha value is -2.59. The Balaban J connectivity index is 3.69. The van der Waals surface area contributed by atoms with E-state index in [1.54, 1.807) is 10.8 Å². The van der Waals surface area contributed by atoms with E-state index in [0.717, 1.165) is 11.4 Å². The highest BCUT2D eigenvalue weighted by molar-refractivity contribution is 5.79. The van der Waals surface area contributed by atoms with E-state index in [9.17, 15) is 0 Å². The molecule has 1 heterocycles. The van der Waals surface area contributed by atoms with Crippen LogP contribution in [0.3, 0.4) is 0 Å². The number of hydrogen-bond donors (Lipinski definition) is 0. The monoisotopic (exact) mass is 240 g/mol. The fraction of sp³-hybridized carbons (Fsp3) is 0.214. The molecule has 0 bridgehead atoms. The molecular formula is C14H14N3O+. The Morgan fingerprint density at radius 2 is 1.94 bits per heavy atom.